The third-order valence-electron chi connectivity index (χ3n) is 4.84. The minimum absolute atomic E-state index is 0.0307. The van der Waals surface area contributed by atoms with Crippen molar-refractivity contribution in [2.24, 2.45) is 0 Å². The van der Waals surface area contributed by atoms with Crippen molar-refractivity contribution in [3.8, 4) is 34.1 Å². The molecular weight excluding hydrogens is 392 g/mol. The Morgan fingerprint density at radius 3 is 2.26 bits per heavy atom. The minimum atomic E-state index is -0.875. The molecule has 0 fully saturated rings. The summed E-state index contributed by atoms with van der Waals surface area (Å²) in [5, 5.41) is 29.9. The molecule has 0 aliphatic heterocycles. The second-order valence-electron chi connectivity index (χ2n) is 7.07. The van der Waals surface area contributed by atoms with E-state index in [1.807, 2.05) is 54.6 Å². The highest BCUT2D eigenvalue weighted by Gasteiger charge is 2.13. The van der Waals surface area contributed by atoms with Gasteiger partial charge in [0, 0.05) is 10.9 Å². The maximum atomic E-state index is 10.6. The number of fused-ring (bicyclic) bond motifs is 1. The zero-order valence-electron chi connectivity index (χ0n) is 16.5. The SMILES string of the molecule is O=C(O)C/C=C/c1ccc(Oc2c(-c3ccc(O)cc3)ccc3cc(O)ccc23)cc1. The molecule has 4 aromatic carbocycles. The van der Waals surface area contributed by atoms with E-state index in [2.05, 4.69) is 0 Å². The van der Waals surface area contributed by atoms with Gasteiger partial charge in [-0.3, -0.25) is 4.79 Å². The van der Waals surface area contributed by atoms with Crippen molar-refractivity contribution in [1.82, 2.24) is 0 Å². The van der Waals surface area contributed by atoms with Gasteiger partial charge in [0.25, 0.3) is 0 Å². The Labute approximate surface area is 179 Å². The third-order valence-corrected chi connectivity index (χ3v) is 4.84. The lowest BCUT2D eigenvalue weighted by Gasteiger charge is -2.15. The smallest absolute Gasteiger partial charge is 0.307 e. The average Bonchev–Trinajstić information content (AvgIpc) is 2.75. The van der Waals surface area contributed by atoms with Crippen molar-refractivity contribution in [2.75, 3.05) is 0 Å². The van der Waals surface area contributed by atoms with Crippen LogP contribution in [0.5, 0.6) is 23.0 Å². The first-order valence-corrected chi connectivity index (χ1v) is 9.71. The Balaban J connectivity index is 1.73. The fraction of sp³-hybridized carbons (Fsp3) is 0.0385. The predicted molar refractivity (Wildman–Crippen MR) is 121 cm³/mol. The first kappa shape index (κ1) is 20.0. The van der Waals surface area contributed by atoms with E-state index in [1.54, 1.807) is 36.4 Å². The Hall–Kier alpha value is -4.25. The summed E-state index contributed by atoms with van der Waals surface area (Å²) in [6.45, 7) is 0. The molecule has 0 spiro atoms. The Kier molecular flexibility index (Phi) is 5.58. The number of phenols is 2. The Morgan fingerprint density at radius 2 is 1.55 bits per heavy atom. The van der Waals surface area contributed by atoms with Gasteiger partial charge in [-0.25, -0.2) is 0 Å². The summed E-state index contributed by atoms with van der Waals surface area (Å²) in [6.07, 6.45) is 3.32. The van der Waals surface area contributed by atoms with Gasteiger partial charge < -0.3 is 20.1 Å². The molecule has 0 aromatic heterocycles. The molecule has 0 aliphatic carbocycles. The van der Waals surface area contributed by atoms with Crippen molar-refractivity contribution in [3.05, 3.63) is 90.5 Å². The molecule has 0 amide bonds. The molecule has 0 radical (unpaired) electrons. The van der Waals surface area contributed by atoms with Crippen LogP contribution in [0.15, 0.2) is 84.9 Å². The second-order valence-corrected chi connectivity index (χ2v) is 7.07. The van der Waals surface area contributed by atoms with E-state index >= 15 is 0 Å². The number of benzene rings is 4. The number of carboxylic acid groups (broad SMARTS) is 1. The maximum absolute atomic E-state index is 10.6. The summed E-state index contributed by atoms with van der Waals surface area (Å²) in [5.41, 5.74) is 2.61. The van der Waals surface area contributed by atoms with E-state index in [9.17, 15) is 15.0 Å². The second kappa shape index (κ2) is 8.63. The predicted octanol–water partition coefficient (Wildman–Crippen LogP) is 6.20. The largest absolute Gasteiger partial charge is 0.508 e. The van der Waals surface area contributed by atoms with Gasteiger partial charge in [0.2, 0.25) is 0 Å². The van der Waals surface area contributed by atoms with E-state index in [-0.39, 0.29) is 17.9 Å². The number of carboxylic acids is 1. The van der Waals surface area contributed by atoms with Gasteiger partial charge in [0.05, 0.1) is 6.42 Å². The van der Waals surface area contributed by atoms with Crippen molar-refractivity contribution >= 4 is 22.8 Å². The summed E-state index contributed by atoms with van der Waals surface area (Å²) in [6, 6.07) is 23.2. The number of aliphatic carboxylic acids is 1. The van der Waals surface area contributed by atoms with E-state index in [0.717, 1.165) is 27.5 Å². The summed E-state index contributed by atoms with van der Waals surface area (Å²) in [7, 11) is 0. The lowest BCUT2D eigenvalue weighted by Crippen LogP contribution is -1.91. The molecule has 0 saturated heterocycles. The molecule has 0 saturated carbocycles. The normalized spacial score (nSPS) is 11.1. The van der Waals surface area contributed by atoms with Gasteiger partial charge >= 0.3 is 5.97 Å². The van der Waals surface area contributed by atoms with Crippen LogP contribution in [0.25, 0.3) is 28.0 Å². The number of rotatable bonds is 6. The van der Waals surface area contributed by atoms with Crippen LogP contribution in [0.3, 0.4) is 0 Å². The highest BCUT2D eigenvalue weighted by atomic mass is 16.5. The zero-order chi connectivity index (χ0) is 21.8. The van der Waals surface area contributed by atoms with Crippen molar-refractivity contribution in [1.29, 1.82) is 0 Å². The van der Waals surface area contributed by atoms with Crippen LogP contribution in [0.4, 0.5) is 0 Å². The van der Waals surface area contributed by atoms with E-state index < -0.39 is 5.97 Å². The number of carbonyl (C=O) groups is 1. The van der Waals surface area contributed by atoms with Gasteiger partial charge in [-0.2, -0.15) is 0 Å². The molecule has 0 aliphatic rings. The monoisotopic (exact) mass is 412 g/mol. The van der Waals surface area contributed by atoms with Gasteiger partial charge in [0.15, 0.2) is 0 Å². The molecular formula is C26H20O5. The lowest BCUT2D eigenvalue weighted by molar-refractivity contribution is -0.135. The lowest BCUT2D eigenvalue weighted by atomic mass is 9.99. The molecule has 0 heterocycles. The zero-order valence-corrected chi connectivity index (χ0v) is 16.5. The third kappa shape index (κ3) is 4.67. The average molecular weight is 412 g/mol. The first-order valence-electron chi connectivity index (χ1n) is 9.71. The summed E-state index contributed by atoms with van der Waals surface area (Å²) in [4.78, 5) is 10.6. The molecule has 5 nitrogen and oxygen atoms in total. The maximum Gasteiger partial charge on any atom is 0.307 e. The molecule has 154 valence electrons. The number of ether oxygens (including phenoxy) is 1. The fourth-order valence-electron chi connectivity index (χ4n) is 3.33. The van der Waals surface area contributed by atoms with Crippen LogP contribution in [-0.4, -0.2) is 21.3 Å². The van der Waals surface area contributed by atoms with Crippen LogP contribution in [0.2, 0.25) is 0 Å². The van der Waals surface area contributed by atoms with Crippen LogP contribution < -0.4 is 4.74 Å². The number of hydrogen-bond donors (Lipinski definition) is 3. The Bertz CT molecular complexity index is 1260. The first-order chi connectivity index (χ1) is 15.0. The summed E-state index contributed by atoms with van der Waals surface area (Å²) in [5.74, 6) is 0.741. The van der Waals surface area contributed by atoms with Crippen molar-refractivity contribution in [2.45, 2.75) is 6.42 Å². The molecule has 0 atom stereocenters. The van der Waals surface area contributed by atoms with Crippen molar-refractivity contribution in [3.63, 3.8) is 0 Å². The highest BCUT2D eigenvalue weighted by Crippen LogP contribution is 2.40. The van der Waals surface area contributed by atoms with Gasteiger partial charge in [0.1, 0.15) is 23.0 Å². The topological polar surface area (TPSA) is 87.0 Å². The molecule has 4 rings (SSSR count). The minimum Gasteiger partial charge on any atom is -0.508 e. The highest BCUT2D eigenvalue weighted by molar-refractivity contribution is 5.96. The number of aromatic hydroxyl groups is 2. The molecule has 3 N–H and O–H groups in total. The van der Waals surface area contributed by atoms with Crippen LogP contribution >= 0.6 is 0 Å². The number of phenolic OH excluding ortho intramolecular Hbond substituents is 2. The van der Waals surface area contributed by atoms with Crippen LogP contribution in [-0.2, 0) is 4.79 Å². The number of hydrogen-bond acceptors (Lipinski definition) is 4. The summed E-state index contributed by atoms with van der Waals surface area (Å²) >= 11 is 0. The molecule has 31 heavy (non-hydrogen) atoms. The quantitative estimate of drug-likeness (QED) is 0.351. The molecule has 0 unspecified atom stereocenters. The van der Waals surface area contributed by atoms with E-state index in [4.69, 9.17) is 9.84 Å². The molecule has 4 aromatic rings. The van der Waals surface area contributed by atoms with E-state index in [0.29, 0.717) is 11.5 Å². The van der Waals surface area contributed by atoms with Gasteiger partial charge in [-0.05, 0) is 65.0 Å². The molecule has 0 bridgehead atoms. The molecule has 5 heteroatoms. The van der Waals surface area contributed by atoms with Gasteiger partial charge in [-0.1, -0.05) is 42.5 Å². The van der Waals surface area contributed by atoms with Crippen molar-refractivity contribution < 1.29 is 24.9 Å². The van der Waals surface area contributed by atoms with Crippen LogP contribution in [0.1, 0.15) is 12.0 Å². The van der Waals surface area contributed by atoms with E-state index in [1.165, 1.54) is 0 Å². The van der Waals surface area contributed by atoms with Gasteiger partial charge in [-0.15, -0.1) is 0 Å². The summed E-state index contributed by atoms with van der Waals surface area (Å²) < 4.78 is 6.28. The fourth-order valence-corrected chi connectivity index (χ4v) is 3.33. The van der Waals surface area contributed by atoms with Crippen LogP contribution in [0, 0.1) is 0 Å². The Morgan fingerprint density at radius 1 is 0.839 bits per heavy atom. The standard InChI is InChI=1S/C26H20O5/c27-20-9-6-18(7-10-20)23-14-8-19-16-21(28)11-15-24(19)26(23)31-22-12-4-17(5-13-22)2-1-3-25(29)30/h1-2,4-16,27-28H,3H2,(H,29,30)/b2-1+.